The second-order valence-electron chi connectivity index (χ2n) is 34.6. The average Bonchev–Trinajstić information content (AvgIpc) is 0.955. The minimum absolute atomic E-state index is 0.00128. The Morgan fingerprint density at radius 2 is 0.858 bits per heavy atom. The monoisotopic (exact) mass is 1840 g/mol. The predicted octanol–water partition coefficient (Wildman–Crippen LogP) is 15.3. The number of likely N-dealkylation sites (N-methyl/N-ethyl adjacent to an activating group) is 5. The first-order valence-electron chi connectivity index (χ1n) is 44.4. The minimum atomic E-state index is -4.95. The zero-order valence-electron chi connectivity index (χ0n) is 76.6. The van der Waals surface area contributed by atoms with Crippen molar-refractivity contribution in [1.82, 2.24) is 64.0 Å². The van der Waals surface area contributed by atoms with E-state index >= 15 is 0 Å². The lowest BCUT2D eigenvalue weighted by molar-refractivity contribution is -0.142. The predicted molar refractivity (Wildman–Crippen MR) is 497 cm³/mol. The Balaban J connectivity index is 0.000000128. The van der Waals surface area contributed by atoms with Crippen LogP contribution in [-0.4, -0.2) is 268 Å². The van der Waals surface area contributed by atoms with Crippen molar-refractivity contribution in [2.24, 2.45) is 4.99 Å². The number of imidazole rings is 1. The summed E-state index contributed by atoms with van der Waals surface area (Å²) in [6.07, 6.45) is 2.51. The normalized spacial score (nSPS) is 21.6. The van der Waals surface area contributed by atoms with Gasteiger partial charge in [-0.2, -0.15) is 31.3 Å². The summed E-state index contributed by atoms with van der Waals surface area (Å²) in [6.45, 7) is 14.0. The number of anilines is 1. The lowest BCUT2D eigenvalue weighted by Gasteiger charge is -2.29. The van der Waals surface area contributed by atoms with Gasteiger partial charge in [0.05, 0.1) is 108 Å². The van der Waals surface area contributed by atoms with E-state index < -0.39 is 41.3 Å². The van der Waals surface area contributed by atoms with Gasteiger partial charge in [-0.15, -0.1) is 0 Å². The van der Waals surface area contributed by atoms with Crippen molar-refractivity contribution in [3.63, 3.8) is 0 Å². The van der Waals surface area contributed by atoms with Crippen LogP contribution in [0, 0.1) is 0 Å². The first kappa shape index (κ1) is 95.6. The molecule has 702 valence electrons. The molecule has 0 spiro atoms. The van der Waals surface area contributed by atoms with Crippen LogP contribution in [0.1, 0.15) is 90.1 Å². The number of nitrogens with zero attached hydrogens (tertiary/aromatic N) is 15. The number of Topliss-reactive ketones (excluding diaryl/α,β-unsaturated/α-hetero) is 5. The van der Waals surface area contributed by atoms with Crippen molar-refractivity contribution in [1.29, 1.82) is 0 Å². The molecule has 12 aromatic rings. The molecule has 7 aliphatic heterocycles. The summed E-state index contributed by atoms with van der Waals surface area (Å²) in [5.74, 6) is 6.70. The summed E-state index contributed by atoms with van der Waals surface area (Å²) in [6, 6.07) is 46.2. The molecule has 0 bridgehead atoms. The standard InChI is InChI=1S/C22H29N3O5.C21H21N3O2.C20H21N3O2.C19H20N4O2.C18H16F6N2O2/c1-14(26)18-9-15(13-24(18)2)30-19-12-22(25-5-7-29-8-6-25)23-17-11-21(28-4)20(27-3)10-16(17)19;1-14(25)19-12-16(13-24(19)2)26-21-17-10-6-7-11-18(17)22-20(23-21)15-8-4-3-5-9-15;1-13(24)19-10-14(12-23(19)2)25-20-11-18(17-8-5-9-21-17)22-16-7-4-3-6-15(16)20;1-13(24)17-9-14(11-22(17)2)25-18-10-19(23-8-7-20-12-23)21-16-6-4-3-5-15(16)18;1-9(27)13-6-10(8-26(13)2)28-14-7-15(18(22,23)24)25-16-11(14)4-3-5-12(16)17(19,20)21/h10-12,15,18H,5-9,13H2,1-4H3;3-11,16,19H,12-13H2,1-2H3;3-4,6-9,11,14,19H,5,10,12H2,1-2H3;3-8,10,12,14,17H,9,11H2,1-2H3;3-5,7,10,13H,6,8H2,1-2H3. The van der Waals surface area contributed by atoms with Crippen LogP contribution in [0.25, 0.3) is 77.4 Å². The molecule has 0 N–H and O–H groups in total. The fourth-order valence-electron chi connectivity index (χ4n) is 18.2. The minimum Gasteiger partial charge on any atom is -0.493 e. The number of benzene rings is 6. The van der Waals surface area contributed by atoms with Crippen LogP contribution < -0.4 is 38.1 Å². The van der Waals surface area contributed by atoms with Gasteiger partial charge < -0.3 is 42.8 Å². The van der Waals surface area contributed by atoms with Crippen LogP contribution in [0.2, 0.25) is 0 Å². The van der Waals surface area contributed by atoms with E-state index in [0.29, 0.717) is 80.9 Å². The highest BCUT2D eigenvalue weighted by Crippen LogP contribution is 2.44. The lowest BCUT2D eigenvalue weighted by Crippen LogP contribution is -2.36. The molecule has 10 unspecified atom stereocenters. The van der Waals surface area contributed by atoms with Crippen LogP contribution >= 0.6 is 0 Å². The number of halogens is 6. The number of allylic oxidation sites excluding steroid dienone is 1. The number of carbonyl (C=O) groups is 5. The number of ether oxygens (including phenoxy) is 8. The first-order valence-corrected chi connectivity index (χ1v) is 44.4. The Hall–Kier alpha value is -13.0. The molecule has 34 heteroatoms. The molecular weight excluding hydrogens is 1730 g/mol. The van der Waals surface area contributed by atoms with Gasteiger partial charge in [-0.3, -0.25) is 58.0 Å². The molecule has 7 aliphatic rings. The van der Waals surface area contributed by atoms with E-state index in [1.165, 1.54) is 13.0 Å². The van der Waals surface area contributed by atoms with E-state index in [0.717, 1.165) is 135 Å². The third-order valence-corrected chi connectivity index (χ3v) is 25.0. The molecule has 0 aliphatic carbocycles. The van der Waals surface area contributed by atoms with Gasteiger partial charge in [-0.05, 0) is 124 Å². The summed E-state index contributed by atoms with van der Waals surface area (Å²) in [7, 11) is 12.8. The number of morpholine rings is 1. The second kappa shape index (κ2) is 41.7. The van der Waals surface area contributed by atoms with Crippen LogP contribution in [0.5, 0.6) is 40.4 Å². The van der Waals surface area contributed by atoms with Gasteiger partial charge in [0, 0.05) is 160 Å². The number of carbonyl (C=O) groups excluding carboxylic acids is 5. The van der Waals surface area contributed by atoms with Gasteiger partial charge in [0.25, 0.3) is 0 Å². The smallest absolute Gasteiger partial charge is 0.433 e. The van der Waals surface area contributed by atoms with Crippen molar-refractivity contribution in [2.45, 2.75) is 146 Å². The Morgan fingerprint density at radius 3 is 1.33 bits per heavy atom. The number of rotatable bonds is 21. The van der Waals surface area contributed by atoms with Gasteiger partial charge in [-0.1, -0.05) is 78.9 Å². The molecule has 6 aromatic carbocycles. The van der Waals surface area contributed by atoms with E-state index in [4.69, 9.17) is 52.8 Å². The molecule has 134 heavy (non-hydrogen) atoms. The molecule has 10 atom stereocenters. The third kappa shape index (κ3) is 22.4. The van der Waals surface area contributed by atoms with E-state index in [1.54, 1.807) is 66.4 Å². The number of pyridine rings is 4. The number of aliphatic imine (C=N–C) groups is 1. The van der Waals surface area contributed by atoms with Crippen LogP contribution in [0.15, 0.2) is 188 Å². The topological polar surface area (TPSA) is 286 Å². The highest BCUT2D eigenvalue weighted by molar-refractivity contribution is 5.93. The fourth-order valence-corrected chi connectivity index (χ4v) is 18.2. The van der Waals surface area contributed by atoms with Crippen molar-refractivity contribution in [2.75, 3.05) is 113 Å². The van der Waals surface area contributed by atoms with Gasteiger partial charge in [0.2, 0.25) is 5.88 Å². The Kier molecular flexibility index (Phi) is 29.7. The largest absolute Gasteiger partial charge is 0.493 e. The van der Waals surface area contributed by atoms with E-state index in [-0.39, 0.29) is 102 Å². The summed E-state index contributed by atoms with van der Waals surface area (Å²) in [4.78, 5) is 106. The number of fused-ring (bicyclic) bond motifs is 5. The summed E-state index contributed by atoms with van der Waals surface area (Å²) in [5, 5.41) is 3.54. The number of hydrogen-bond acceptors (Lipinski definition) is 27. The molecule has 0 saturated carbocycles. The molecule has 19 rings (SSSR count). The van der Waals surface area contributed by atoms with Crippen molar-refractivity contribution in [3.05, 3.63) is 199 Å². The average molecular weight is 1840 g/mol. The third-order valence-electron chi connectivity index (χ3n) is 25.0. The maximum Gasteiger partial charge on any atom is 0.433 e. The number of aromatic nitrogens is 8. The second-order valence-corrected chi connectivity index (χ2v) is 34.6. The number of hydrogen-bond donors (Lipinski definition) is 0. The Labute approximate surface area is 771 Å². The lowest BCUT2D eigenvalue weighted by atomic mass is 10.1. The van der Waals surface area contributed by atoms with E-state index in [2.05, 4.69) is 55.5 Å². The summed E-state index contributed by atoms with van der Waals surface area (Å²) >= 11 is 0. The number of alkyl halides is 6. The van der Waals surface area contributed by atoms with E-state index in [1.807, 2.05) is 179 Å². The Bertz CT molecular complexity index is 6350. The summed E-state index contributed by atoms with van der Waals surface area (Å²) < 4.78 is 129. The van der Waals surface area contributed by atoms with Crippen molar-refractivity contribution in [3.8, 4) is 57.6 Å². The highest BCUT2D eigenvalue weighted by Gasteiger charge is 2.42. The van der Waals surface area contributed by atoms with Crippen LogP contribution in [-0.2, 0) is 41.1 Å². The molecular formula is C100H107F6N15O13. The molecule has 28 nitrogen and oxygen atoms in total. The van der Waals surface area contributed by atoms with Gasteiger partial charge in [0.15, 0.2) is 17.3 Å². The molecule has 6 fully saturated rings. The van der Waals surface area contributed by atoms with Crippen LogP contribution in [0.4, 0.5) is 32.2 Å². The van der Waals surface area contributed by atoms with Crippen molar-refractivity contribution >= 4 is 101 Å². The maximum absolute atomic E-state index is 13.3. The van der Waals surface area contributed by atoms with Gasteiger partial charge in [-0.25, -0.2) is 29.9 Å². The quantitative estimate of drug-likeness (QED) is 0.0604. The summed E-state index contributed by atoms with van der Waals surface area (Å²) in [5.41, 5.74) is 2.50. The number of ketones is 5. The number of para-hydroxylation sites is 4. The van der Waals surface area contributed by atoms with Gasteiger partial charge >= 0.3 is 12.4 Å². The molecule has 13 heterocycles. The zero-order chi connectivity index (χ0) is 95.0. The van der Waals surface area contributed by atoms with Crippen LogP contribution in [0.3, 0.4) is 0 Å². The maximum atomic E-state index is 13.3. The van der Waals surface area contributed by atoms with Gasteiger partial charge in [0.1, 0.15) is 106 Å². The fraction of sp³-hybridized carbons (Fsp3) is 0.390. The zero-order valence-corrected chi connectivity index (χ0v) is 76.6. The highest BCUT2D eigenvalue weighted by atomic mass is 19.4. The number of methoxy groups -OCH3 is 2. The molecule has 0 amide bonds. The number of likely N-dealkylation sites (tertiary alicyclic amines) is 5. The molecule has 6 saturated heterocycles. The Morgan fingerprint density at radius 1 is 0.418 bits per heavy atom. The molecule has 6 aromatic heterocycles. The first-order chi connectivity index (χ1) is 64.2. The van der Waals surface area contributed by atoms with Crippen molar-refractivity contribution < 1.29 is 88.2 Å². The SMILES string of the molecule is CC(=O)C1CC(Oc2cc(-n3ccnc3)nc3ccccc23)CN1C.CC(=O)C1CC(Oc2cc(C(F)(F)F)nc3c(C(F)(F)F)cccc23)CN1C.CC(=O)C1CC(Oc2cc(C3=CCC=N3)nc3ccccc23)CN1C.CC(=O)C1CC(Oc2nc(-c3ccccc3)nc3ccccc23)CN1C.COc1cc2nc(N3CCOCC3)cc(OC3CC(C(C)=O)N(C)C3)c2cc1OC. The molecule has 0 radical (unpaired) electrons. The van der Waals surface area contributed by atoms with E-state index in [9.17, 15) is 50.3 Å².